The second kappa shape index (κ2) is 6.15. The summed E-state index contributed by atoms with van der Waals surface area (Å²) in [4.78, 5) is 0. The van der Waals surface area contributed by atoms with Gasteiger partial charge in [-0.1, -0.05) is 58.4 Å². The van der Waals surface area contributed by atoms with Gasteiger partial charge in [-0.3, -0.25) is 0 Å². The number of rotatable bonds is 3. The van der Waals surface area contributed by atoms with Gasteiger partial charge in [0.1, 0.15) is 11.3 Å². The van der Waals surface area contributed by atoms with Gasteiger partial charge in [0.2, 0.25) is 0 Å². The van der Waals surface area contributed by atoms with E-state index in [0.717, 1.165) is 32.3 Å². The van der Waals surface area contributed by atoms with Gasteiger partial charge < -0.3 is 4.42 Å². The Labute approximate surface area is 132 Å². The van der Waals surface area contributed by atoms with Gasteiger partial charge in [-0.15, -0.1) is 0 Å². The van der Waals surface area contributed by atoms with E-state index in [1.807, 2.05) is 49.4 Å². The second-order valence-corrected chi connectivity index (χ2v) is 5.68. The molecule has 3 aromatic rings. The normalized spacial score (nSPS) is 11.9. The third-order valence-electron chi connectivity index (χ3n) is 3.29. The molecule has 2 heteroatoms. The fourth-order valence-electron chi connectivity index (χ4n) is 2.28. The number of hydrogen-bond acceptors (Lipinski definition) is 1. The first kappa shape index (κ1) is 13.9. The van der Waals surface area contributed by atoms with Crippen molar-refractivity contribution in [2.45, 2.75) is 6.92 Å². The van der Waals surface area contributed by atoms with E-state index in [2.05, 4.69) is 46.3 Å². The summed E-state index contributed by atoms with van der Waals surface area (Å²) in [6.45, 7) is 2.00. The molecule has 3 rings (SSSR count). The van der Waals surface area contributed by atoms with E-state index < -0.39 is 0 Å². The number of fused-ring (bicyclic) bond motifs is 1. The highest BCUT2D eigenvalue weighted by Crippen LogP contribution is 2.28. The van der Waals surface area contributed by atoms with Crippen LogP contribution in [0, 0.1) is 0 Å². The Kier molecular flexibility index (Phi) is 4.07. The van der Waals surface area contributed by atoms with Crippen LogP contribution in [-0.2, 0) is 0 Å². The summed E-state index contributed by atoms with van der Waals surface area (Å²) in [6, 6.07) is 16.4. The largest absolute Gasteiger partial charge is 0.456 e. The van der Waals surface area contributed by atoms with Gasteiger partial charge >= 0.3 is 0 Å². The van der Waals surface area contributed by atoms with Gasteiger partial charge in [-0.25, -0.2) is 0 Å². The molecule has 0 radical (unpaired) electrons. The lowest BCUT2D eigenvalue weighted by Gasteiger charge is -1.95. The van der Waals surface area contributed by atoms with Gasteiger partial charge in [-0.05, 0) is 42.8 Å². The third-order valence-corrected chi connectivity index (χ3v) is 3.82. The van der Waals surface area contributed by atoms with Crippen LogP contribution < -0.4 is 0 Å². The van der Waals surface area contributed by atoms with E-state index in [4.69, 9.17) is 4.42 Å². The monoisotopic (exact) mass is 338 g/mol. The van der Waals surface area contributed by atoms with Crippen LogP contribution in [0.2, 0.25) is 0 Å². The smallest absolute Gasteiger partial charge is 0.135 e. The topological polar surface area (TPSA) is 13.1 Å². The van der Waals surface area contributed by atoms with Crippen LogP contribution in [-0.4, -0.2) is 0 Å². The number of hydrogen-bond donors (Lipinski definition) is 0. The van der Waals surface area contributed by atoms with Crippen LogP contribution in [0.4, 0.5) is 0 Å². The van der Waals surface area contributed by atoms with E-state index in [1.165, 1.54) is 0 Å². The molecule has 0 fully saturated rings. The highest BCUT2D eigenvalue weighted by Gasteiger charge is 2.08. The Balaban J connectivity index is 2.06. The van der Waals surface area contributed by atoms with Gasteiger partial charge in [0.05, 0.1) is 0 Å². The van der Waals surface area contributed by atoms with E-state index in [0.29, 0.717) is 0 Å². The quantitative estimate of drug-likeness (QED) is 0.538. The minimum absolute atomic E-state index is 0.895. The molecule has 1 aromatic heterocycles. The van der Waals surface area contributed by atoms with Crippen molar-refractivity contribution < 1.29 is 4.42 Å². The molecule has 0 saturated carbocycles. The molecule has 0 aliphatic rings. The van der Waals surface area contributed by atoms with E-state index in [-0.39, 0.29) is 0 Å². The number of benzene rings is 2. The van der Waals surface area contributed by atoms with Crippen molar-refractivity contribution in [3.05, 3.63) is 76.0 Å². The lowest BCUT2D eigenvalue weighted by molar-refractivity contribution is 0.603. The molecular formula is C19H15BrO. The Morgan fingerprint density at radius 3 is 2.43 bits per heavy atom. The summed E-state index contributed by atoms with van der Waals surface area (Å²) >= 11 is 3.45. The summed E-state index contributed by atoms with van der Waals surface area (Å²) in [5.74, 6) is 0.895. The zero-order valence-electron chi connectivity index (χ0n) is 11.7. The van der Waals surface area contributed by atoms with Gasteiger partial charge in [-0.2, -0.15) is 0 Å². The van der Waals surface area contributed by atoms with Crippen molar-refractivity contribution in [1.82, 2.24) is 0 Å². The second-order valence-electron chi connectivity index (χ2n) is 4.76. The lowest BCUT2D eigenvalue weighted by atomic mass is 10.1. The minimum Gasteiger partial charge on any atom is -0.456 e. The Bertz CT molecular complexity index is 807. The van der Waals surface area contributed by atoms with Crippen LogP contribution in [0.5, 0.6) is 0 Å². The van der Waals surface area contributed by atoms with Crippen LogP contribution in [0.1, 0.15) is 23.8 Å². The number of allylic oxidation sites excluding steroid dienone is 1. The highest BCUT2D eigenvalue weighted by atomic mass is 79.9. The van der Waals surface area contributed by atoms with E-state index in [9.17, 15) is 0 Å². The first-order valence-electron chi connectivity index (χ1n) is 6.86. The SMILES string of the molecule is C/C=C\c1oc2ccccc2c1/C=C/c1ccc(Br)cc1. The molecule has 104 valence electrons. The molecule has 0 amide bonds. The fraction of sp³-hybridized carbons (Fsp3) is 0.0526. The van der Waals surface area contributed by atoms with Crippen molar-refractivity contribution in [3.63, 3.8) is 0 Å². The summed E-state index contributed by atoms with van der Waals surface area (Å²) < 4.78 is 6.99. The Hall–Kier alpha value is -2.06. The van der Waals surface area contributed by atoms with Gasteiger partial charge in [0.25, 0.3) is 0 Å². The summed E-state index contributed by atoms with van der Waals surface area (Å²) in [5, 5.41) is 1.14. The summed E-state index contributed by atoms with van der Waals surface area (Å²) in [7, 11) is 0. The molecule has 0 aliphatic carbocycles. The fourth-order valence-corrected chi connectivity index (χ4v) is 2.55. The molecule has 21 heavy (non-hydrogen) atoms. The molecule has 1 nitrogen and oxygen atoms in total. The predicted octanol–water partition coefficient (Wildman–Crippen LogP) is 6.40. The molecule has 2 aromatic carbocycles. The van der Waals surface area contributed by atoms with Gasteiger partial charge in [0.15, 0.2) is 0 Å². The zero-order chi connectivity index (χ0) is 14.7. The molecule has 1 heterocycles. The maximum Gasteiger partial charge on any atom is 0.135 e. The van der Waals surface area contributed by atoms with Crippen LogP contribution in [0.25, 0.3) is 29.2 Å². The van der Waals surface area contributed by atoms with Crippen molar-refractivity contribution in [2.24, 2.45) is 0 Å². The van der Waals surface area contributed by atoms with Crippen molar-refractivity contribution in [2.75, 3.05) is 0 Å². The first-order valence-corrected chi connectivity index (χ1v) is 7.65. The van der Waals surface area contributed by atoms with Crippen LogP contribution in [0.15, 0.2) is 63.5 Å². The average molecular weight is 339 g/mol. The third kappa shape index (κ3) is 3.01. The highest BCUT2D eigenvalue weighted by molar-refractivity contribution is 9.10. The minimum atomic E-state index is 0.895. The standard InChI is InChI=1S/C19H15BrO/c1-2-5-18-17(16-6-3-4-7-19(16)21-18)13-10-14-8-11-15(20)12-9-14/h2-13H,1H3/b5-2-,13-10+. The van der Waals surface area contributed by atoms with Crippen molar-refractivity contribution in [1.29, 1.82) is 0 Å². The molecule has 0 bridgehead atoms. The summed E-state index contributed by atoms with van der Waals surface area (Å²) in [5.41, 5.74) is 3.20. The van der Waals surface area contributed by atoms with Gasteiger partial charge in [0, 0.05) is 15.4 Å². The first-order chi connectivity index (χ1) is 10.3. The molecular weight excluding hydrogens is 324 g/mol. The number of para-hydroxylation sites is 1. The molecule has 0 N–H and O–H groups in total. The van der Waals surface area contributed by atoms with Crippen molar-refractivity contribution in [3.8, 4) is 0 Å². The maximum atomic E-state index is 5.90. The van der Waals surface area contributed by atoms with E-state index >= 15 is 0 Å². The van der Waals surface area contributed by atoms with Crippen LogP contribution in [0.3, 0.4) is 0 Å². The summed E-state index contributed by atoms with van der Waals surface area (Å²) in [6.07, 6.45) is 8.22. The molecule has 0 spiro atoms. The predicted molar refractivity (Wildman–Crippen MR) is 94.0 cm³/mol. The Morgan fingerprint density at radius 2 is 1.67 bits per heavy atom. The maximum absolute atomic E-state index is 5.90. The molecule has 0 unspecified atom stereocenters. The van der Waals surface area contributed by atoms with E-state index in [1.54, 1.807) is 0 Å². The van der Waals surface area contributed by atoms with Crippen molar-refractivity contribution >= 4 is 45.1 Å². The molecule has 0 atom stereocenters. The average Bonchev–Trinajstić information content (AvgIpc) is 2.85. The number of furan rings is 1. The lowest BCUT2D eigenvalue weighted by Crippen LogP contribution is -1.75. The molecule has 0 aliphatic heterocycles. The number of halogens is 1. The molecule has 0 saturated heterocycles. The Morgan fingerprint density at radius 1 is 0.905 bits per heavy atom. The zero-order valence-corrected chi connectivity index (χ0v) is 13.3. The van der Waals surface area contributed by atoms with Crippen LogP contribution >= 0.6 is 15.9 Å².